The number of aliphatic imine (C=N–C) groups is 1. The van der Waals surface area contributed by atoms with Crippen molar-refractivity contribution in [3.63, 3.8) is 0 Å². The number of benzene rings is 1. The van der Waals surface area contributed by atoms with Gasteiger partial charge in [0.1, 0.15) is 11.6 Å². The zero-order valence-corrected chi connectivity index (χ0v) is 23.9. The molecule has 1 atom stereocenters. The highest BCUT2D eigenvalue weighted by Crippen LogP contribution is 2.21. The Balaban J connectivity index is 1.59. The van der Waals surface area contributed by atoms with Crippen molar-refractivity contribution in [2.24, 2.45) is 10.7 Å². The summed E-state index contributed by atoms with van der Waals surface area (Å²) in [6, 6.07) is 6.01. The lowest BCUT2D eigenvalue weighted by Gasteiger charge is -2.13. The number of amides is 2. The molecule has 2 aromatic rings. The van der Waals surface area contributed by atoms with E-state index in [0.717, 1.165) is 43.0 Å². The molecule has 1 aromatic carbocycles. The van der Waals surface area contributed by atoms with Gasteiger partial charge in [0, 0.05) is 36.2 Å². The first-order valence-electron chi connectivity index (χ1n) is 14.8. The Morgan fingerprint density at radius 3 is 2.28 bits per heavy atom. The van der Waals surface area contributed by atoms with Crippen LogP contribution in [0.15, 0.2) is 38.5 Å². The Morgan fingerprint density at radius 1 is 0.949 bits per heavy atom. The molecule has 39 heavy (non-hydrogen) atoms. The van der Waals surface area contributed by atoms with Crippen LogP contribution in [0.4, 0.5) is 5.69 Å². The average Bonchev–Trinajstić information content (AvgIpc) is 2.90. The van der Waals surface area contributed by atoms with Gasteiger partial charge in [-0.05, 0) is 50.3 Å². The highest BCUT2D eigenvalue weighted by Gasteiger charge is 2.17. The summed E-state index contributed by atoms with van der Waals surface area (Å²) in [6.07, 6.45) is 17.6. The van der Waals surface area contributed by atoms with Crippen molar-refractivity contribution >= 4 is 34.8 Å². The monoisotopic (exact) mass is 540 g/mol. The van der Waals surface area contributed by atoms with Gasteiger partial charge in [0.05, 0.1) is 6.34 Å². The second kappa shape index (κ2) is 19.0. The van der Waals surface area contributed by atoms with Gasteiger partial charge in [0.15, 0.2) is 0 Å². The third-order valence-electron chi connectivity index (χ3n) is 7.02. The lowest BCUT2D eigenvalue weighted by molar-refractivity contribution is -0.121. The highest BCUT2D eigenvalue weighted by molar-refractivity contribution is 5.97. The predicted molar refractivity (Wildman–Crippen MR) is 160 cm³/mol. The number of carbonyl (C=O) groups is 2. The Morgan fingerprint density at radius 2 is 1.62 bits per heavy atom. The number of nitrogens with one attached hydrogen (secondary N) is 2. The molecular weight excluding hydrogens is 492 g/mol. The topological polar surface area (TPSA) is 127 Å². The van der Waals surface area contributed by atoms with Gasteiger partial charge >= 0.3 is 5.63 Å². The van der Waals surface area contributed by atoms with E-state index in [0.29, 0.717) is 30.7 Å². The molecule has 1 unspecified atom stereocenters. The largest absolute Gasteiger partial charge is 0.423 e. The molecule has 1 aromatic heterocycles. The van der Waals surface area contributed by atoms with E-state index in [9.17, 15) is 14.4 Å². The van der Waals surface area contributed by atoms with E-state index in [1.165, 1.54) is 63.9 Å². The second-order valence-corrected chi connectivity index (χ2v) is 10.4. The maximum Gasteiger partial charge on any atom is 0.336 e. The smallest absolute Gasteiger partial charge is 0.336 e. The Labute approximate surface area is 233 Å². The van der Waals surface area contributed by atoms with Gasteiger partial charge in [-0.1, -0.05) is 71.1 Å². The van der Waals surface area contributed by atoms with E-state index in [4.69, 9.17) is 10.2 Å². The van der Waals surface area contributed by atoms with Crippen LogP contribution in [0, 0.1) is 6.92 Å². The van der Waals surface area contributed by atoms with Crippen LogP contribution in [0.5, 0.6) is 0 Å². The lowest BCUT2D eigenvalue weighted by Crippen LogP contribution is -2.28. The molecule has 0 fully saturated rings. The zero-order chi connectivity index (χ0) is 28.3. The number of nitrogens with zero attached hydrogens (tertiary/aromatic N) is 1. The molecule has 1 heterocycles. The van der Waals surface area contributed by atoms with Crippen LogP contribution < -0.4 is 22.0 Å². The summed E-state index contributed by atoms with van der Waals surface area (Å²) in [6.45, 7) is 4.67. The summed E-state index contributed by atoms with van der Waals surface area (Å²) in [5.41, 5.74) is 6.80. The molecular formula is C31H48N4O4. The number of aryl methyl sites for hydroxylation is 1. The van der Waals surface area contributed by atoms with Gasteiger partial charge < -0.3 is 20.8 Å². The molecule has 4 N–H and O–H groups in total. The van der Waals surface area contributed by atoms with Crippen LogP contribution in [0.25, 0.3) is 11.0 Å². The normalized spacial score (nSPS) is 12.2. The molecule has 0 saturated heterocycles. The van der Waals surface area contributed by atoms with Gasteiger partial charge in [-0.15, -0.1) is 0 Å². The van der Waals surface area contributed by atoms with Crippen molar-refractivity contribution in [3.05, 3.63) is 40.2 Å². The fraction of sp³-hybridized carbons (Fsp3) is 0.613. The predicted octanol–water partition coefficient (Wildman–Crippen LogP) is 6.38. The molecule has 2 amide bonds. The molecule has 8 nitrogen and oxygen atoms in total. The van der Waals surface area contributed by atoms with Gasteiger partial charge in [0.25, 0.3) is 0 Å². The maximum atomic E-state index is 12.8. The Bertz CT molecular complexity index is 1100. The van der Waals surface area contributed by atoms with Crippen molar-refractivity contribution in [1.29, 1.82) is 0 Å². The first-order valence-corrected chi connectivity index (χ1v) is 14.8. The van der Waals surface area contributed by atoms with E-state index < -0.39 is 11.7 Å². The first kappa shape index (κ1) is 32.1. The summed E-state index contributed by atoms with van der Waals surface area (Å²) in [4.78, 5) is 40.7. The van der Waals surface area contributed by atoms with Crippen LogP contribution in [0.3, 0.4) is 0 Å². The average molecular weight is 541 g/mol. The van der Waals surface area contributed by atoms with Crippen LogP contribution >= 0.6 is 0 Å². The summed E-state index contributed by atoms with van der Waals surface area (Å²) in [7, 11) is 0. The number of anilines is 1. The minimum absolute atomic E-state index is 0.0957. The number of rotatable bonds is 20. The quantitative estimate of drug-likeness (QED) is 0.0777. The second-order valence-electron chi connectivity index (χ2n) is 10.4. The van der Waals surface area contributed by atoms with Crippen LogP contribution in [-0.2, 0) is 9.59 Å². The van der Waals surface area contributed by atoms with Crippen molar-refractivity contribution < 1.29 is 14.0 Å². The molecule has 8 heteroatoms. The summed E-state index contributed by atoms with van der Waals surface area (Å²) < 4.78 is 5.26. The number of hydrogen-bond donors (Lipinski definition) is 3. The standard InChI is InChI=1S/C31H48N4O4/c1-3-4-5-6-7-8-9-10-11-12-13-17-29(36)33-20-15-14-16-27(34-23-32)31(38)35-25-18-19-26-24(2)21-30(37)39-28(26)22-25/h18-19,21-23,27H,3-17,20H2,1-2H3,(H2,32,34)(H,33,36)(H,35,38). The van der Waals surface area contributed by atoms with E-state index in [-0.39, 0.29) is 11.8 Å². The molecule has 0 spiro atoms. The van der Waals surface area contributed by atoms with Gasteiger partial charge in [-0.2, -0.15) is 0 Å². The third kappa shape index (κ3) is 13.0. The zero-order valence-electron chi connectivity index (χ0n) is 23.9. The Hall–Kier alpha value is -3.16. The first-order chi connectivity index (χ1) is 18.9. The molecule has 0 bridgehead atoms. The van der Waals surface area contributed by atoms with Gasteiger partial charge in [-0.3, -0.25) is 14.6 Å². The fourth-order valence-corrected chi connectivity index (χ4v) is 4.73. The van der Waals surface area contributed by atoms with Crippen molar-refractivity contribution in [3.8, 4) is 0 Å². The molecule has 0 radical (unpaired) electrons. The van der Waals surface area contributed by atoms with Gasteiger partial charge in [0.2, 0.25) is 11.8 Å². The number of fused-ring (bicyclic) bond motifs is 1. The molecule has 0 saturated carbocycles. The SMILES string of the molecule is CCCCCCCCCCCCCC(=O)NCCCCC(N=CN)C(=O)Nc1ccc2c(C)cc(=O)oc2c1. The third-order valence-corrected chi connectivity index (χ3v) is 7.02. The molecule has 0 aliphatic heterocycles. The van der Waals surface area contributed by atoms with Crippen LogP contribution in [0.1, 0.15) is 109 Å². The minimum atomic E-state index is -0.637. The lowest BCUT2D eigenvalue weighted by atomic mass is 10.1. The Kier molecular flexibility index (Phi) is 15.6. The molecule has 2 rings (SSSR count). The van der Waals surface area contributed by atoms with E-state index in [2.05, 4.69) is 22.5 Å². The number of hydrogen-bond acceptors (Lipinski definition) is 5. The molecule has 0 aliphatic carbocycles. The molecule has 216 valence electrons. The highest BCUT2D eigenvalue weighted by atomic mass is 16.4. The minimum Gasteiger partial charge on any atom is -0.423 e. The van der Waals surface area contributed by atoms with Crippen LogP contribution in [0.2, 0.25) is 0 Å². The number of carbonyl (C=O) groups excluding carboxylic acids is 2. The summed E-state index contributed by atoms with van der Waals surface area (Å²) >= 11 is 0. The van der Waals surface area contributed by atoms with Gasteiger partial charge in [-0.25, -0.2) is 4.79 Å². The van der Waals surface area contributed by atoms with Crippen molar-refractivity contribution in [2.75, 3.05) is 11.9 Å². The van der Waals surface area contributed by atoms with E-state index in [1.54, 1.807) is 12.1 Å². The maximum absolute atomic E-state index is 12.8. The van der Waals surface area contributed by atoms with Crippen LogP contribution in [-0.4, -0.2) is 30.7 Å². The van der Waals surface area contributed by atoms with Crippen molar-refractivity contribution in [2.45, 2.75) is 116 Å². The number of unbranched alkanes of at least 4 members (excludes halogenated alkanes) is 11. The summed E-state index contributed by atoms with van der Waals surface area (Å²) in [5.74, 6) is -0.190. The fourth-order valence-electron chi connectivity index (χ4n) is 4.73. The number of nitrogens with two attached hydrogens (primary N) is 1. The van der Waals surface area contributed by atoms with E-state index in [1.807, 2.05) is 13.0 Å². The van der Waals surface area contributed by atoms with E-state index >= 15 is 0 Å². The summed E-state index contributed by atoms with van der Waals surface area (Å²) in [5, 5.41) is 6.63. The van der Waals surface area contributed by atoms with Crippen molar-refractivity contribution in [1.82, 2.24) is 5.32 Å². The molecule has 0 aliphatic rings.